The van der Waals surface area contributed by atoms with Gasteiger partial charge in [0.05, 0.1) is 10.5 Å². The van der Waals surface area contributed by atoms with Crippen molar-refractivity contribution in [1.82, 2.24) is 4.90 Å². The van der Waals surface area contributed by atoms with Gasteiger partial charge >= 0.3 is 6.03 Å². The molecule has 0 bridgehead atoms. The monoisotopic (exact) mass is 351 g/mol. The fourth-order valence-electron chi connectivity index (χ4n) is 4.48. The van der Waals surface area contributed by atoms with Gasteiger partial charge in [-0.25, -0.2) is 4.79 Å². The number of amides is 2. The van der Waals surface area contributed by atoms with Crippen molar-refractivity contribution in [3.05, 3.63) is 70.3 Å². The fraction of sp³-hybridized carbons (Fsp3) is 0.350. The van der Waals surface area contributed by atoms with Crippen molar-refractivity contribution in [1.29, 1.82) is 0 Å². The van der Waals surface area contributed by atoms with Crippen LogP contribution in [0.3, 0.4) is 0 Å². The second-order valence-corrected chi connectivity index (χ2v) is 7.08. The SMILES string of the molecule is O=C(Nc1ccc([N+](=O)[O-])cc1)N1C[C@H]2CCCC[C@]21c1ccccc1. The van der Waals surface area contributed by atoms with Crippen molar-refractivity contribution in [2.45, 2.75) is 31.2 Å². The summed E-state index contributed by atoms with van der Waals surface area (Å²) >= 11 is 0. The molecule has 0 aromatic heterocycles. The quantitative estimate of drug-likeness (QED) is 0.652. The lowest BCUT2D eigenvalue weighted by Crippen LogP contribution is -2.68. The van der Waals surface area contributed by atoms with Gasteiger partial charge in [0, 0.05) is 30.3 Å². The van der Waals surface area contributed by atoms with Crippen LogP contribution in [0.2, 0.25) is 0 Å². The van der Waals surface area contributed by atoms with E-state index in [1.165, 1.54) is 24.1 Å². The summed E-state index contributed by atoms with van der Waals surface area (Å²) in [6.45, 7) is 0.758. The predicted molar refractivity (Wildman–Crippen MR) is 98.9 cm³/mol. The van der Waals surface area contributed by atoms with Gasteiger partial charge in [0.25, 0.3) is 5.69 Å². The lowest BCUT2D eigenvalue weighted by molar-refractivity contribution is -0.384. The average Bonchev–Trinajstić information content (AvgIpc) is 2.64. The number of nitro benzene ring substituents is 1. The van der Waals surface area contributed by atoms with E-state index in [2.05, 4.69) is 17.4 Å². The summed E-state index contributed by atoms with van der Waals surface area (Å²) in [5.41, 5.74) is 1.57. The van der Waals surface area contributed by atoms with Gasteiger partial charge in [0.15, 0.2) is 0 Å². The zero-order valence-electron chi connectivity index (χ0n) is 14.4. The smallest absolute Gasteiger partial charge is 0.314 e. The molecule has 1 saturated heterocycles. The van der Waals surface area contributed by atoms with Crippen LogP contribution in [-0.2, 0) is 5.54 Å². The van der Waals surface area contributed by atoms with Crippen LogP contribution < -0.4 is 5.32 Å². The molecular weight excluding hydrogens is 330 g/mol. The lowest BCUT2D eigenvalue weighted by Gasteiger charge is -2.61. The number of carbonyl (C=O) groups is 1. The molecule has 2 amide bonds. The molecule has 1 N–H and O–H groups in total. The third-order valence-electron chi connectivity index (χ3n) is 5.77. The number of urea groups is 1. The van der Waals surface area contributed by atoms with Gasteiger partial charge in [-0.1, -0.05) is 43.2 Å². The Morgan fingerprint density at radius 2 is 1.85 bits per heavy atom. The molecule has 0 spiro atoms. The Bertz CT molecular complexity index is 822. The van der Waals surface area contributed by atoms with Crippen LogP contribution in [0.4, 0.5) is 16.2 Å². The Hall–Kier alpha value is -2.89. The maximum absolute atomic E-state index is 12.9. The number of nitrogens with zero attached hydrogens (tertiary/aromatic N) is 2. The molecule has 6 heteroatoms. The number of rotatable bonds is 3. The van der Waals surface area contributed by atoms with E-state index in [4.69, 9.17) is 0 Å². The minimum atomic E-state index is -0.446. The number of fused-ring (bicyclic) bond motifs is 1. The standard InChI is InChI=1S/C20H21N3O3/c24-19(21-17-9-11-18(12-10-17)23(25)26)22-14-16-8-4-5-13-20(16,22)15-6-2-1-3-7-15/h1-3,6-7,9-12,16H,4-5,8,13-14H2,(H,21,24)/t16-,20+/m1/s1. The van der Waals surface area contributed by atoms with Crippen molar-refractivity contribution < 1.29 is 9.72 Å². The van der Waals surface area contributed by atoms with E-state index in [0.717, 1.165) is 25.8 Å². The van der Waals surface area contributed by atoms with Crippen molar-refractivity contribution in [2.24, 2.45) is 5.92 Å². The van der Waals surface area contributed by atoms with Crippen LogP contribution in [0.5, 0.6) is 0 Å². The van der Waals surface area contributed by atoms with Gasteiger partial charge in [-0.15, -0.1) is 0 Å². The Morgan fingerprint density at radius 3 is 2.50 bits per heavy atom. The zero-order valence-corrected chi connectivity index (χ0v) is 14.4. The van der Waals surface area contributed by atoms with Crippen LogP contribution in [0.15, 0.2) is 54.6 Å². The molecule has 1 aliphatic carbocycles. The Balaban J connectivity index is 1.56. The molecule has 2 aromatic carbocycles. The fourth-order valence-corrected chi connectivity index (χ4v) is 4.48. The van der Waals surface area contributed by atoms with E-state index in [1.807, 2.05) is 23.1 Å². The Morgan fingerprint density at radius 1 is 1.12 bits per heavy atom. The highest BCUT2D eigenvalue weighted by Crippen LogP contribution is 2.53. The number of carbonyl (C=O) groups excluding carboxylic acids is 1. The summed E-state index contributed by atoms with van der Waals surface area (Å²) in [6, 6.07) is 16.1. The number of nitrogens with one attached hydrogen (secondary N) is 1. The van der Waals surface area contributed by atoms with Gasteiger partial charge in [-0.3, -0.25) is 10.1 Å². The molecule has 1 heterocycles. The molecule has 1 aliphatic heterocycles. The molecule has 134 valence electrons. The Kier molecular flexibility index (Phi) is 4.11. The molecular formula is C20H21N3O3. The number of nitro groups is 1. The molecule has 2 aliphatic rings. The number of anilines is 1. The molecule has 2 atom stereocenters. The molecule has 4 rings (SSSR count). The normalized spacial score (nSPS) is 24.3. The number of likely N-dealkylation sites (tertiary alicyclic amines) is 1. The second-order valence-electron chi connectivity index (χ2n) is 7.08. The largest absolute Gasteiger partial charge is 0.322 e. The van der Waals surface area contributed by atoms with Crippen LogP contribution in [-0.4, -0.2) is 22.4 Å². The van der Waals surface area contributed by atoms with E-state index in [-0.39, 0.29) is 17.3 Å². The second kappa shape index (κ2) is 6.44. The third-order valence-corrected chi connectivity index (χ3v) is 5.77. The van der Waals surface area contributed by atoms with Crippen molar-refractivity contribution in [3.8, 4) is 0 Å². The number of non-ortho nitro benzene ring substituents is 1. The van der Waals surface area contributed by atoms with Crippen molar-refractivity contribution in [2.75, 3.05) is 11.9 Å². The van der Waals surface area contributed by atoms with E-state index < -0.39 is 4.92 Å². The summed E-state index contributed by atoms with van der Waals surface area (Å²) < 4.78 is 0. The maximum atomic E-state index is 12.9. The van der Waals surface area contributed by atoms with Crippen LogP contribution >= 0.6 is 0 Å². The minimum Gasteiger partial charge on any atom is -0.314 e. The maximum Gasteiger partial charge on any atom is 0.322 e. The molecule has 2 aromatic rings. The molecule has 0 radical (unpaired) electrons. The molecule has 6 nitrogen and oxygen atoms in total. The molecule has 26 heavy (non-hydrogen) atoms. The zero-order chi connectivity index (χ0) is 18.1. The van der Waals surface area contributed by atoms with Crippen molar-refractivity contribution in [3.63, 3.8) is 0 Å². The van der Waals surface area contributed by atoms with Crippen molar-refractivity contribution >= 4 is 17.4 Å². The van der Waals surface area contributed by atoms with E-state index >= 15 is 0 Å². The van der Waals surface area contributed by atoms with Gasteiger partial charge in [0.2, 0.25) is 0 Å². The van der Waals surface area contributed by atoms with E-state index in [0.29, 0.717) is 11.6 Å². The first-order valence-electron chi connectivity index (χ1n) is 9.00. The first-order valence-corrected chi connectivity index (χ1v) is 9.00. The van der Waals surface area contributed by atoms with Gasteiger partial charge < -0.3 is 10.2 Å². The molecule has 1 saturated carbocycles. The van der Waals surface area contributed by atoms with E-state index in [1.54, 1.807) is 12.1 Å². The third kappa shape index (κ3) is 2.62. The number of hydrogen-bond acceptors (Lipinski definition) is 3. The van der Waals surface area contributed by atoms with Gasteiger partial charge in [0.1, 0.15) is 0 Å². The summed E-state index contributed by atoms with van der Waals surface area (Å²) in [5.74, 6) is 0.501. The van der Waals surface area contributed by atoms with Gasteiger partial charge in [-0.05, 0) is 30.5 Å². The van der Waals surface area contributed by atoms with Gasteiger partial charge in [-0.2, -0.15) is 0 Å². The first-order chi connectivity index (χ1) is 12.6. The summed E-state index contributed by atoms with van der Waals surface area (Å²) in [4.78, 5) is 25.2. The number of benzene rings is 2. The summed E-state index contributed by atoms with van der Waals surface area (Å²) in [5, 5.41) is 13.7. The summed E-state index contributed by atoms with van der Waals surface area (Å²) in [7, 11) is 0. The first kappa shape index (κ1) is 16.6. The molecule has 0 unspecified atom stereocenters. The Labute approximate surface area is 152 Å². The average molecular weight is 351 g/mol. The molecule has 2 fully saturated rings. The van der Waals surface area contributed by atoms with Crippen LogP contribution in [0.25, 0.3) is 0 Å². The highest BCUT2D eigenvalue weighted by atomic mass is 16.6. The number of hydrogen-bond donors (Lipinski definition) is 1. The highest BCUT2D eigenvalue weighted by Gasteiger charge is 2.57. The summed E-state index contributed by atoms with van der Waals surface area (Å²) in [6.07, 6.45) is 4.47. The lowest BCUT2D eigenvalue weighted by atomic mass is 9.62. The van der Waals surface area contributed by atoms with Crippen LogP contribution in [0.1, 0.15) is 31.2 Å². The minimum absolute atomic E-state index is 0.0139. The van der Waals surface area contributed by atoms with E-state index in [9.17, 15) is 14.9 Å². The predicted octanol–water partition coefficient (Wildman–Crippen LogP) is 4.53. The van der Waals surface area contributed by atoms with Crippen LogP contribution in [0, 0.1) is 16.0 Å². The highest BCUT2D eigenvalue weighted by molar-refractivity contribution is 5.91. The topological polar surface area (TPSA) is 75.5 Å².